The van der Waals surface area contributed by atoms with Gasteiger partial charge in [0.05, 0.1) is 17.9 Å². The molecule has 0 saturated heterocycles. The predicted molar refractivity (Wildman–Crippen MR) is 129 cm³/mol. The van der Waals surface area contributed by atoms with E-state index in [0.29, 0.717) is 27.0 Å². The average Bonchev–Trinajstić information content (AvgIpc) is 3.20. The van der Waals surface area contributed by atoms with Crippen molar-refractivity contribution in [1.29, 1.82) is 0 Å². The minimum Gasteiger partial charge on any atom is -0.398 e. The molecule has 0 unspecified atom stereocenters. The molecule has 0 aliphatic carbocycles. The van der Waals surface area contributed by atoms with E-state index in [1.807, 2.05) is 45.0 Å². The third-order valence-corrected chi connectivity index (χ3v) is 4.63. The van der Waals surface area contributed by atoms with E-state index in [0.717, 1.165) is 5.69 Å². The van der Waals surface area contributed by atoms with E-state index in [1.165, 1.54) is 18.5 Å². The van der Waals surface area contributed by atoms with E-state index in [-0.39, 0.29) is 11.3 Å². The molecular weight excluding hydrogens is 528 g/mol. The largest absolute Gasteiger partial charge is 0.455 e. The number of rotatable bonds is 5. The summed E-state index contributed by atoms with van der Waals surface area (Å²) in [6.07, 6.45) is -9.01. The van der Waals surface area contributed by atoms with Crippen LogP contribution in [0.1, 0.15) is 26.3 Å². The summed E-state index contributed by atoms with van der Waals surface area (Å²) in [5, 5.41) is 3.97. The summed E-state index contributed by atoms with van der Waals surface area (Å²) in [5.74, 6) is -4.66. The highest BCUT2D eigenvalue weighted by Gasteiger charge is 2.57. The van der Waals surface area contributed by atoms with Gasteiger partial charge in [0.2, 0.25) is 6.29 Å². The van der Waals surface area contributed by atoms with E-state index in [2.05, 4.69) is 15.1 Å². The molecule has 210 valence electrons. The van der Waals surface area contributed by atoms with Crippen LogP contribution in [0.4, 0.5) is 52.3 Å². The van der Waals surface area contributed by atoms with Crippen LogP contribution in [-0.2, 0) is 11.3 Å². The van der Waals surface area contributed by atoms with Gasteiger partial charge in [0.1, 0.15) is 6.54 Å². The molecule has 0 radical (unpaired) electrons. The first-order valence-corrected chi connectivity index (χ1v) is 10.9. The van der Waals surface area contributed by atoms with Crippen LogP contribution < -0.4 is 10.6 Å². The molecule has 1 aromatic carbocycles. The fourth-order valence-corrected chi connectivity index (χ4v) is 2.82. The molecule has 0 fully saturated rings. The lowest BCUT2D eigenvalue weighted by molar-refractivity contribution is -0.287. The maximum Gasteiger partial charge on any atom is 0.455 e. The van der Waals surface area contributed by atoms with Crippen LogP contribution in [0.3, 0.4) is 0 Å². The summed E-state index contributed by atoms with van der Waals surface area (Å²) >= 11 is 0. The van der Waals surface area contributed by atoms with E-state index in [4.69, 9.17) is 10.5 Å². The Balaban J connectivity index is 0.000000795. The summed E-state index contributed by atoms with van der Waals surface area (Å²) in [6.45, 7) is 4.11. The van der Waals surface area contributed by atoms with Crippen molar-refractivity contribution in [1.82, 2.24) is 14.8 Å². The first-order chi connectivity index (χ1) is 17.4. The number of nitrogens with two attached hydrogens (primary N) is 1. The molecule has 38 heavy (non-hydrogen) atoms. The minimum atomic E-state index is -5.66. The zero-order valence-electron chi connectivity index (χ0n) is 21.0. The smallest absolute Gasteiger partial charge is 0.398 e. The van der Waals surface area contributed by atoms with Crippen LogP contribution in [0, 0.1) is 0 Å². The van der Waals surface area contributed by atoms with Gasteiger partial charge in [-0.15, -0.1) is 0 Å². The number of pyridine rings is 1. The second-order valence-electron chi connectivity index (χ2n) is 7.63. The van der Waals surface area contributed by atoms with Crippen LogP contribution in [-0.4, -0.2) is 59.1 Å². The number of hydrogen-bond donors (Lipinski definition) is 1. The van der Waals surface area contributed by atoms with Gasteiger partial charge in [0.25, 0.3) is 0 Å². The van der Waals surface area contributed by atoms with Crippen molar-refractivity contribution in [2.24, 2.45) is 4.99 Å². The highest BCUT2D eigenvalue weighted by molar-refractivity contribution is 6.04. The van der Waals surface area contributed by atoms with Gasteiger partial charge in [0.15, 0.2) is 5.82 Å². The van der Waals surface area contributed by atoms with Crippen molar-refractivity contribution in [2.75, 3.05) is 24.7 Å². The summed E-state index contributed by atoms with van der Waals surface area (Å²) in [6, 6.07) is 6.96. The van der Waals surface area contributed by atoms with Crippen molar-refractivity contribution < 1.29 is 39.9 Å². The Morgan fingerprint density at radius 2 is 1.63 bits per heavy atom. The van der Waals surface area contributed by atoms with Crippen LogP contribution >= 0.6 is 0 Å². The third kappa shape index (κ3) is 8.66. The number of benzene rings is 1. The Bertz CT molecular complexity index is 1250. The monoisotopic (exact) mass is 554 g/mol. The SMILES string of the molecule is CC.CC(=Nc1cc2cnn(CC(F)(F)C(F)(F)F)c2cn1)c1ccc(N(C)C)cc1N.O=CC(F)(F)F. The van der Waals surface area contributed by atoms with Crippen molar-refractivity contribution in [3.05, 3.63) is 42.2 Å². The van der Waals surface area contributed by atoms with Crippen LogP contribution in [0.15, 0.2) is 41.7 Å². The maximum atomic E-state index is 13.3. The number of carbonyl (C=O) groups excluding carboxylic acids is 1. The summed E-state index contributed by atoms with van der Waals surface area (Å²) in [7, 11) is 3.78. The number of anilines is 2. The number of aldehydes is 1. The second-order valence-corrected chi connectivity index (χ2v) is 7.63. The molecular formula is C23H26F8N6O. The Kier molecular flexibility index (Phi) is 10.7. The number of alkyl halides is 8. The zero-order valence-corrected chi connectivity index (χ0v) is 21.0. The number of hydrogen-bond acceptors (Lipinski definition) is 6. The maximum absolute atomic E-state index is 13.3. The van der Waals surface area contributed by atoms with E-state index < -0.39 is 31.1 Å². The zero-order chi connectivity index (χ0) is 29.5. The number of nitrogens with zero attached hydrogens (tertiary/aromatic N) is 5. The Labute approximate surface area is 213 Å². The molecule has 7 nitrogen and oxygen atoms in total. The Hall–Kier alpha value is -3.78. The molecule has 0 aliphatic heterocycles. The van der Waals surface area contributed by atoms with Gasteiger partial charge in [-0.1, -0.05) is 13.8 Å². The van der Waals surface area contributed by atoms with Gasteiger partial charge in [-0.25, -0.2) is 9.98 Å². The fraction of sp³-hybridized carbons (Fsp3) is 0.391. The number of aromatic nitrogens is 3. The Morgan fingerprint density at radius 3 is 2.11 bits per heavy atom. The van der Waals surface area contributed by atoms with Crippen molar-refractivity contribution in [3.63, 3.8) is 0 Å². The van der Waals surface area contributed by atoms with E-state index in [1.54, 1.807) is 13.0 Å². The molecule has 0 spiro atoms. The summed E-state index contributed by atoms with van der Waals surface area (Å²) < 4.78 is 95.9. The summed E-state index contributed by atoms with van der Waals surface area (Å²) in [4.78, 5) is 19.0. The minimum absolute atomic E-state index is 0.0466. The van der Waals surface area contributed by atoms with Crippen LogP contribution in [0.25, 0.3) is 10.9 Å². The molecule has 0 bridgehead atoms. The first-order valence-electron chi connectivity index (χ1n) is 10.9. The predicted octanol–water partition coefficient (Wildman–Crippen LogP) is 6.19. The van der Waals surface area contributed by atoms with Gasteiger partial charge in [-0.3, -0.25) is 9.48 Å². The van der Waals surface area contributed by atoms with Crippen molar-refractivity contribution in [2.45, 2.75) is 45.6 Å². The molecule has 15 heteroatoms. The molecule has 2 heterocycles. The Morgan fingerprint density at radius 1 is 1.05 bits per heavy atom. The molecule has 0 atom stereocenters. The van der Waals surface area contributed by atoms with E-state index >= 15 is 0 Å². The molecule has 3 aromatic rings. The molecule has 0 amide bonds. The van der Waals surface area contributed by atoms with Gasteiger partial charge in [-0.05, 0) is 31.2 Å². The highest BCUT2D eigenvalue weighted by atomic mass is 19.4. The molecule has 2 N–H and O–H groups in total. The van der Waals surface area contributed by atoms with Crippen LogP contribution in [0.5, 0.6) is 0 Å². The quantitative estimate of drug-likeness (QED) is 0.176. The molecule has 0 aliphatic rings. The fourth-order valence-electron chi connectivity index (χ4n) is 2.82. The topological polar surface area (TPSA) is 89.4 Å². The standard InChI is InChI=1S/C19H19F5N6.C2HF3O.C2H6/c1-11(14-5-4-13(29(2)3)7-15(14)25)28-17-6-12-8-27-30(16(12)9-26-17)10-18(20,21)19(22,23)24;3-2(4,5)1-6;1-2/h4-9H,10,25H2,1-3H3;1H;1-2H3. The molecule has 0 saturated carbocycles. The number of nitrogen functional groups attached to an aromatic ring is 1. The first kappa shape index (κ1) is 32.2. The lowest BCUT2D eigenvalue weighted by Crippen LogP contribution is -2.40. The highest BCUT2D eigenvalue weighted by Crippen LogP contribution is 2.37. The van der Waals surface area contributed by atoms with Gasteiger partial charge < -0.3 is 10.6 Å². The third-order valence-electron chi connectivity index (χ3n) is 4.63. The van der Waals surface area contributed by atoms with Crippen LogP contribution in [0.2, 0.25) is 0 Å². The normalized spacial score (nSPS) is 12.3. The number of halogens is 8. The van der Waals surface area contributed by atoms with Crippen molar-refractivity contribution >= 4 is 40.1 Å². The number of fused-ring (bicyclic) bond motifs is 1. The molecule has 3 rings (SSSR count). The van der Waals surface area contributed by atoms with Gasteiger partial charge >= 0.3 is 18.3 Å². The van der Waals surface area contributed by atoms with Crippen molar-refractivity contribution in [3.8, 4) is 0 Å². The lowest BCUT2D eigenvalue weighted by Gasteiger charge is -2.19. The van der Waals surface area contributed by atoms with E-state index in [9.17, 15) is 35.1 Å². The average molecular weight is 554 g/mol. The van der Waals surface area contributed by atoms with Gasteiger partial charge in [-0.2, -0.15) is 40.2 Å². The number of carbonyl (C=O) groups is 1. The molecule has 2 aromatic heterocycles. The van der Waals surface area contributed by atoms with Gasteiger partial charge in [0, 0.05) is 42.1 Å². The lowest BCUT2D eigenvalue weighted by atomic mass is 10.1. The number of aliphatic imine (C=N–C) groups is 1. The summed E-state index contributed by atoms with van der Waals surface area (Å²) in [5.41, 5.74) is 8.85. The second kappa shape index (κ2) is 12.6.